The molecule has 22 heavy (non-hydrogen) atoms. The van der Waals surface area contributed by atoms with Gasteiger partial charge in [0.2, 0.25) is 0 Å². The van der Waals surface area contributed by atoms with Gasteiger partial charge in [-0.25, -0.2) is 4.79 Å². The van der Waals surface area contributed by atoms with Gasteiger partial charge in [0.15, 0.2) is 0 Å². The Morgan fingerprint density at radius 1 is 1.36 bits per heavy atom. The van der Waals surface area contributed by atoms with Crippen LogP contribution in [-0.4, -0.2) is 23.8 Å². The third-order valence-corrected chi connectivity index (χ3v) is 4.64. The third kappa shape index (κ3) is 5.85. The molecule has 126 valence electrons. The van der Waals surface area contributed by atoms with Crippen LogP contribution in [0.2, 0.25) is 0 Å². The van der Waals surface area contributed by atoms with Gasteiger partial charge in [-0.2, -0.15) is 0 Å². The van der Waals surface area contributed by atoms with Gasteiger partial charge in [0.25, 0.3) is 0 Å². The van der Waals surface area contributed by atoms with Gasteiger partial charge >= 0.3 is 6.09 Å². The number of carbonyl (C=O) groups is 1. The predicted octanol–water partition coefficient (Wildman–Crippen LogP) is 3.36. The van der Waals surface area contributed by atoms with Crippen LogP contribution in [0.15, 0.2) is 11.4 Å². The van der Waals surface area contributed by atoms with Gasteiger partial charge in [0, 0.05) is 29.2 Å². The molecule has 0 aromatic carbocycles. The van der Waals surface area contributed by atoms with Gasteiger partial charge in [-0.05, 0) is 45.1 Å². The number of alkyl carbamates (subject to hydrolysis) is 1. The Labute approximate surface area is 137 Å². The molecule has 1 unspecified atom stereocenters. The quantitative estimate of drug-likeness (QED) is 0.749. The number of amides is 1. The molecular formula is C16H29N3O2S. The van der Waals surface area contributed by atoms with Crippen LogP contribution in [0.4, 0.5) is 10.5 Å². The van der Waals surface area contributed by atoms with Crippen LogP contribution < -0.4 is 16.4 Å². The maximum Gasteiger partial charge on any atom is 0.407 e. The Morgan fingerprint density at radius 3 is 2.45 bits per heavy atom. The van der Waals surface area contributed by atoms with Crippen LogP contribution >= 0.6 is 11.3 Å². The van der Waals surface area contributed by atoms with Crippen molar-refractivity contribution in [3.8, 4) is 0 Å². The molecule has 1 aromatic heterocycles. The van der Waals surface area contributed by atoms with Crippen molar-refractivity contribution in [3.05, 3.63) is 16.3 Å². The third-order valence-electron chi connectivity index (χ3n) is 3.71. The second kappa shape index (κ2) is 7.33. The molecule has 0 spiro atoms. The molecule has 5 nitrogen and oxygen atoms in total. The second-order valence-corrected chi connectivity index (χ2v) is 8.08. The van der Waals surface area contributed by atoms with Gasteiger partial charge in [-0.1, -0.05) is 13.8 Å². The smallest absolute Gasteiger partial charge is 0.407 e. The van der Waals surface area contributed by atoms with Crippen molar-refractivity contribution in [3.63, 3.8) is 0 Å². The van der Waals surface area contributed by atoms with E-state index in [0.29, 0.717) is 19.0 Å². The molecule has 0 aliphatic heterocycles. The first-order valence-corrected chi connectivity index (χ1v) is 8.45. The number of anilines is 1. The van der Waals surface area contributed by atoms with Gasteiger partial charge in [-0.15, -0.1) is 11.3 Å². The molecule has 6 heteroatoms. The summed E-state index contributed by atoms with van der Waals surface area (Å²) >= 11 is 1.63. The number of nitrogen functional groups attached to an aromatic ring is 1. The first-order chi connectivity index (χ1) is 10.0. The summed E-state index contributed by atoms with van der Waals surface area (Å²) in [6, 6.07) is 1.91. The largest absolute Gasteiger partial charge is 0.444 e. The highest BCUT2D eigenvalue weighted by molar-refractivity contribution is 7.10. The number of nitrogens with one attached hydrogen (secondary N) is 2. The molecule has 0 aliphatic rings. The fourth-order valence-corrected chi connectivity index (χ4v) is 2.56. The molecule has 1 rings (SSSR count). The summed E-state index contributed by atoms with van der Waals surface area (Å²) in [5.74, 6) is 0.337. The lowest BCUT2D eigenvalue weighted by Crippen LogP contribution is -2.55. The van der Waals surface area contributed by atoms with Gasteiger partial charge in [0.05, 0.1) is 0 Å². The minimum atomic E-state index is -0.489. The maximum absolute atomic E-state index is 11.8. The SMILES string of the molecule is CC(C)C(C)(CNC(=O)OC(C)(C)C)NCc1sccc1N. The van der Waals surface area contributed by atoms with E-state index in [9.17, 15) is 4.79 Å². The Morgan fingerprint density at radius 2 is 2.00 bits per heavy atom. The predicted molar refractivity (Wildman–Crippen MR) is 93.1 cm³/mol. The zero-order valence-corrected chi connectivity index (χ0v) is 15.3. The van der Waals surface area contributed by atoms with Gasteiger partial charge in [-0.3, -0.25) is 0 Å². The molecular weight excluding hydrogens is 298 g/mol. The molecule has 0 bridgehead atoms. The normalized spacial score (nSPS) is 14.7. The van der Waals surface area contributed by atoms with Crippen LogP contribution in [0.1, 0.15) is 46.4 Å². The summed E-state index contributed by atoms with van der Waals surface area (Å²) in [4.78, 5) is 13.0. The van der Waals surface area contributed by atoms with Crippen LogP contribution in [-0.2, 0) is 11.3 Å². The van der Waals surface area contributed by atoms with E-state index in [2.05, 4.69) is 31.4 Å². The minimum absolute atomic E-state index is 0.243. The van der Waals surface area contributed by atoms with Crippen molar-refractivity contribution in [1.82, 2.24) is 10.6 Å². The van der Waals surface area contributed by atoms with Crippen LogP contribution in [0.25, 0.3) is 0 Å². The van der Waals surface area contributed by atoms with E-state index < -0.39 is 11.7 Å². The molecule has 4 N–H and O–H groups in total. The highest BCUT2D eigenvalue weighted by Crippen LogP contribution is 2.22. The summed E-state index contributed by atoms with van der Waals surface area (Å²) in [5.41, 5.74) is 6.00. The monoisotopic (exact) mass is 327 g/mol. The molecule has 1 heterocycles. The first-order valence-electron chi connectivity index (χ1n) is 7.57. The van der Waals surface area contributed by atoms with Crippen molar-refractivity contribution in [1.29, 1.82) is 0 Å². The lowest BCUT2D eigenvalue weighted by Gasteiger charge is -2.35. The Kier molecular flexibility index (Phi) is 6.26. The van der Waals surface area contributed by atoms with Crippen molar-refractivity contribution in [2.24, 2.45) is 5.92 Å². The second-order valence-electron chi connectivity index (χ2n) is 7.08. The number of ether oxygens (including phenoxy) is 1. The Balaban J connectivity index is 2.59. The average Bonchev–Trinajstić information content (AvgIpc) is 2.77. The lowest BCUT2D eigenvalue weighted by molar-refractivity contribution is 0.0503. The van der Waals surface area contributed by atoms with Gasteiger partial charge < -0.3 is 21.1 Å². The highest BCUT2D eigenvalue weighted by Gasteiger charge is 2.29. The van der Waals surface area contributed by atoms with E-state index >= 15 is 0 Å². The molecule has 1 amide bonds. The lowest BCUT2D eigenvalue weighted by atomic mass is 9.88. The maximum atomic E-state index is 11.8. The van der Waals surface area contributed by atoms with Crippen LogP contribution in [0, 0.1) is 5.92 Å². The summed E-state index contributed by atoms with van der Waals surface area (Å²) in [6.45, 7) is 13.1. The van der Waals surface area contributed by atoms with E-state index in [1.54, 1.807) is 11.3 Å². The number of hydrogen-bond donors (Lipinski definition) is 3. The van der Waals surface area contributed by atoms with Crippen molar-refractivity contribution < 1.29 is 9.53 Å². The zero-order chi connectivity index (χ0) is 17.0. The van der Waals surface area contributed by atoms with E-state index in [1.165, 1.54) is 0 Å². The number of thiophene rings is 1. The molecule has 0 aliphatic carbocycles. The molecule has 1 aromatic rings. The molecule has 0 saturated heterocycles. The molecule has 0 saturated carbocycles. The van der Waals surface area contributed by atoms with Crippen LogP contribution in [0.5, 0.6) is 0 Å². The highest BCUT2D eigenvalue weighted by atomic mass is 32.1. The van der Waals surface area contributed by atoms with E-state index in [-0.39, 0.29) is 5.54 Å². The summed E-state index contributed by atoms with van der Waals surface area (Å²) in [5, 5.41) is 8.36. The fraction of sp³-hybridized carbons (Fsp3) is 0.688. The number of hydrogen-bond acceptors (Lipinski definition) is 5. The fourth-order valence-electron chi connectivity index (χ4n) is 1.82. The van der Waals surface area contributed by atoms with Crippen molar-refractivity contribution in [2.75, 3.05) is 12.3 Å². The molecule has 0 fully saturated rings. The first kappa shape index (κ1) is 18.8. The van der Waals surface area contributed by atoms with Crippen molar-refractivity contribution >= 4 is 23.1 Å². The summed E-state index contributed by atoms with van der Waals surface area (Å²) < 4.78 is 5.29. The Bertz CT molecular complexity index is 494. The topological polar surface area (TPSA) is 76.4 Å². The Hall–Kier alpha value is -1.27. The number of nitrogens with two attached hydrogens (primary N) is 1. The van der Waals surface area contributed by atoms with E-state index in [0.717, 1.165) is 10.6 Å². The molecule has 1 atom stereocenters. The minimum Gasteiger partial charge on any atom is -0.444 e. The number of carbonyl (C=O) groups excluding carboxylic acids is 1. The van der Waals surface area contributed by atoms with Crippen LogP contribution in [0.3, 0.4) is 0 Å². The summed E-state index contributed by atoms with van der Waals surface area (Å²) in [7, 11) is 0. The van der Waals surface area contributed by atoms with Crippen molar-refractivity contribution in [2.45, 2.75) is 59.2 Å². The number of rotatable bonds is 6. The molecule has 0 radical (unpaired) electrons. The van der Waals surface area contributed by atoms with E-state index in [4.69, 9.17) is 10.5 Å². The summed E-state index contributed by atoms with van der Waals surface area (Å²) in [6.07, 6.45) is -0.392. The average molecular weight is 327 g/mol. The zero-order valence-electron chi connectivity index (χ0n) is 14.4. The van der Waals surface area contributed by atoms with E-state index in [1.807, 2.05) is 32.2 Å². The van der Waals surface area contributed by atoms with Gasteiger partial charge in [0.1, 0.15) is 5.60 Å². The standard InChI is InChI=1S/C16H29N3O2S/c1-11(2)16(6,10-18-14(20)21-15(3,4)5)19-9-13-12(17)7-8-22-13/h7-8,11,19H,9-10,17H2,1-6H3,(H,18,20).